The van der Waals surface area contributed by atoms with E-state index in [0.29, 0.717) is 12.5 Å². The molecule has 0 saturated carbocycles. The number of carboxylic acid groups (broad SMARTS) is 1. The molecule has 0 unspecified atom stereocenters. The normalized spacial score (nSPS) is 10.8. The fourth-order valence-corrected chi connectivity index (χ4v) is 1.85. The summed E-state index contributed by atoms with van der Waals surface area (Å²) in [5.74, 6) is -0.735. The van der Waals surface area contributed by atoms with Gasteiger partial charge in [0.25, 0.3) is 0 Å². The van der Waals surface area contributed by atoms with Gasteiger partial charge in [-0.2, -0.15) is 0 Å². The molecule has 5 heteroatoms. The number of carbonyl (C=O) groups excluding carboxylic acids is 1. The molecule has 1 aromatic rings. The average Bonchev–Trinajstić information content (AvgIpc) is 2.37. The number of benzene rings is 1. The quantitative estimate of drug-likeness (QED) is 0.802. The molecule has 0 spiro atoms. The Bertz CT molecular complexity index is 472. The Balaban J connectivity index is 2.61. The molecule has 0 heterocycles. The van der Waals surface area contributed by atoms with E-state index in [1.165, 1.54) is 0 Å². The molecule has 0 atom stereocenters. The topological polar surface area (TPSA) is 69.6 Å². The maximum Gasteiger partial charge on any atom is 0.317 e. The molecular formula is C15H22N2O3. The van der Waals surface area contributed by atoms with Crippen molar-refractivity contribution in [3.8, 4) is 0 Å². The lowest BCUT2D eigenvalue weighted by atomic mass is 10.0. The van der Waals surface area contributed by atoms with Gasteiger partial charge in [0.1, 0.15) is 0 Å². The van der Waals surface area contributed by atoms with Crippen LogP contribution in [0.25, 0.3) is 0 Å². The van der Waals surface area contributed by atoms with Crippen LogP contribution in [0, 0.1) is 0 Å². The number of hydrogen-bond donors (Lipinski definition) is 2. The molecule has 0 fully saturated rings. The summed E-state index contributed by atoms with van der Waals surface area (Å²) in [5, 5.41) is 11.5. The van der Waals surface area contributed by atoms with Gasteiger partial charge in [-0.3, -0.25) is 14.5 Å². The summed E-state index contributed by atoms with van der Waals surface area (Å²) in [4.78, 5) is 24.1. The molecule has 110 valence electrons. The first-order valence-electron chi connectivity index (χ1n) is 6.76. The van der Waals surface area contributed by atoms with Crippen molar-refractivity contribution in [2.24, 2.45) is 0 Å². The van der Waals surface area contributed by atoms with Crippen LogP contribution in [0.5, 0.6) is 0 Å². The van der Waals surface area contributed by atoms with Crippen molar-refractivity contribution in [1.82, 2.24) is 4.90 Å². The highest BCUT2D eigenvalue weighted by molar-refractivity contribution is 5.92. The fourth-order valence-electron chi connectivity index (χ4n) is 1.85. The molecule has 1 rings (SSSR count). The van der Waals surface area contributed by atoms with E-state index in [4.69, 9.17) is 5.11 Å². The lowest BCUT2D eigenvalue weighted by Gasteiger charge is -2.17. The van der Waals surface area contributed by atoms with Gasteiger partial charge in [-0.05, 0) is 30.2 Å². The zero-order valence-electron chi connectivity index (χ0n) is 12.2. The van der Waals surface area contributed by atoms with Crippen LogP contribution in [0.15, 0.2) is 24.3 Å². The SMILES string of the molecule is CCN(CC(=O)O)CC(=O)Nc1cccc(C(C)C)c1. The van der Waals surface area contributed by atoms with Crippen LogP contribution < -0.4 is 5.32 Å². The van der Waals surface area contributed by atoms with E-state index < -0.39 is 5.97 Å². The summed E-state index contributed by atoms with van der Waals surface area (Å²) in [6, 6.07) is 7.69. The summed E-state index contributed by atoms with van der Waals surface area (Å²) in [5.41, 5.74) is 1.90. The van der Waals surface area contributed by atoms with Crippen molar-refractivity contribution in [3.63, 3.8) is 0 Å². The molecule has 0 aromatic heterocycles. The Hall–Kier alpha value is -1.88. The molecule has 0 bridgehead atoms. The summed E-state index contributed by atoms with van der Waals surface area (Å²) in [7, 11) is 0. The predicted octanol–water partition coefficient (Wildman–Crippen LogP) is 2.15. The van der Waals surface area contributed by atoms with Crippen molar-refractivity contribution in [2.45, 2.75) is 26.7 Å². The number of nitrogens with zero attached hydrogens (tertiary/aromatic N) is 1. The molecule has 0 aliphatic rings. The lowest BCUT2D eigenvalue weighted by molar-refractivity contribution is -0.138. The van der Waals surface area contributed by atoms with Crippen molar-refractivity contribution >= 4 is 17.6 Å². The number of anilines is 1. The number of carbonyl (C=O) groups is 2. The number of nitrogens with one attached hydrogen (secondary N) is 1. The monoisotopic (exact) mass is 278 g/mol. The number of carboxylic acids is 1. The molecule has 5 nitrogen and oxygen atoms in total. The van der Waals surface area contributed by atoms with Crippen molar-refractivity contribution in [1.29, 1.82) is 0 Å². The van der Waals surface area contributed by atoms with Gasteiger partial charge in [-0.1, -0.05) is 32.9 Å². The van der Waals surface area contributed by atoms with Crippen LogP contribution in [0.2, 0.25) is 0 Å². The average molecular weight is 278 g/mol. The van der Waals surface area contributed by atoms with E-state index in [1.54, 1.807) is 4.90 Å². The van der Waals surface area contributed by atoms with Gasteiger partial charge < -0.3 is 10.4 Å². The highest BCUT2D eigenvalue weighted by Crippen LogP contribution is 2.18. The fraction of sp³-hybridized carbons (Fsp3) is 0.467. The summed E-state index contributed by atoms with van der Waals surface area (Å²) in [6.07, 6.45) is 0. The number of likely N-dealkylation sites (N-methyl/N-ethyl adjacent to an activating group) is 1. The van der Waals surface area contributed by atoms with Crippen LogP contribution in [0.4, 0.5) is 5.69 Å². The van der Waals surface area contributed by atoms with Crippen LogP contribution in [-0.4, -0.2) is 41.5 Å². The van der Waals surface area contributed by atoms with E-state index in [-0.39, 0.29) is 19.0 Å². The Kier molecular flexibility index (Phi) is 6.18. The predicted molar refractivity (Wildman–Crippen MR) is 78.9 cm³/mol. The third-order valence-electron chi connectivity index (χ3n) is 3.01. The van der Waals surface area contributed by atoms with Crippen molar-refractivity contribution < 1.29 is 14.7 Å². The van der Waals surface area contributed by atoms with E-state index in [0.717, 1.165) is 11.3 Å². The van der Waals surface area contributed by atoms with E-state index in [2.05, 4.69) is 19.2 Å². The Morgan fingerprint density at radius 2 is 2.00 bits per heavy atom. The molecule has 20 heavy (non-hydrogen) atoms. The number of amides is 1. The minimum atomic E-state index is -0.929. The third kappa shape index (κ3) is 5.40. The van der Waals surface area contributed by atoms with Gasteiger partial charge in [0.2, 0.25) is 5.91 Å². The summed E-state index contributed by atoms with van der Waals surface area (Å²) in [6.45, 7) is 6.48. The smallest absolute Gasteiger partial charge is 0.317 e. The molecule has 2 N–H and O–H groups in total. The van der Waals surface area contributed by atoms with E-state index >= 15 is 0 Å². The van der Waals surface area contributed by atoms with Crippen molar-refractivity contribution in [3.05, 3.63) is 29.8 Å². The first-order valence-corrected chi connectivity index (χ1v) is 6.76. The molecule has 1 amide bonds. The lowest BCUT2D eigenvalue weighted by Crippen LogP contribution is -2.36. The Labute approximate surface area is 119 Å². The molecule has 0 aliphatic carbocycles. The summed E-state index contributed by atoms with van der Waals surface area (Å²) < 4.78 is 0. The first kappa shape index (κ1) is 16.2. The summed E-state index contributed by atoms with van der Waals surface area (Å²) >= 11 is 0. The van der Waals surface area contributed by atoms with Gasteiger partial charge in [0, 0.05) is 5.69 Å². The van der Waals surface area contributed by atoms with E-state index in [9.17, 15) is 9.59 Å². The van der Waals surface area contributed by atoms with Crippen LogP contribution in [0.3, 0.4) is 0 Å². The Morgan fingerprint density at radius 3 is 2.55 bits per heavy atom. The number of aliphatic carboxylic acids is 1. The van der Waals surface area contributed by atoms with Gasteiger partial charge in [0.05, 0.1) is 13.1 Å². The largest absolute Gasteiger partial charge is 0.480 e. The Morgan fingerprint density at radius 1 is 1.30 bits per heavy atom. The third-order valence-corrected chi connectivity index (χ3v) is 3.01. The zero-order chi connectivity index (χ0) is 15.1. The minimum absolute atomic E-state index is 0.0781. The van der Waals surface area contributed by atoms with Crippen LogP contribution in [-0.2, 0) is 9.59 Å². The second-order valence-corrected chi connectivity index (χ2v) is 5.03. The highest BCUT2D eigenvalue weighted by Gasteiger charge is 2.12. The second-order valence-electron chi connectivity index (χ2n) is 5.03. The van der Waals surface area contributed by atoms with E-state index in [1.807, 2.05) is 31.2 Å². The molecule has 0 aliphatic heterocycles. The zero-order valence-corrected chi connectivity index (χ0v) is 12.2. The van der Waals surface area contributed by atoms with Crippen LogP contribution >= 0.6 is 0 Å². The maximum absolute atomic E-state index is 11.9. The van der Waals surface area contributed by atoms with Crippen molar-refractivity contribution in [2.75, 3.05) is 25.0 Å². The minimum Gasteiger partial charge on any atom is -0.480 e. The molecule has 0 saturated heterocycles. The maximum atomic E-state index is 11.9. The number of hydrogen-bond acceptors (Lipinski definition) is 3. The second kappa shape index (κ2) is 7.65. The molecular weight excluding hydrogens is 256 g/mol. The van der Waals surface area contributed by atoms with Crippen LogP contribution in [0.1, 0.15) is 32.3 Å². The standard InChI is InChI=1S/C15H22N2O3/c1-4-17(10-15(19)20)9-14(18)16-13-7-5-6-12(8-13)11(2)3/h5-8,11H,4,9-10H2,1-3H3,(H,16,18)(H,19,20). The highest BCUT2D eigenvalue weighted by atomic mass is 16.4. The van der Waals surface area contributed by atoms with Gasteiger partial charge >= 0.3 is 5.97 Å². The molecule has 0 radical (unpaired) electrons. The first-order chi connectivity index (χ1) is 9.42. The van der Waals surface area contributed by atoms with Gasteiger partial charge in [-0.15, -0.1) is 0 Å². The van der Waals surface area contributed by atoms with Gasteiger partial charge in [-0.25, -0.2) is 0 Å². The number of rotatable bonds is 7. The molecule has 1 aromatic carbocycles. The van der Waals surface area contributed by atoms with Gasteiger partial charge in [0.15, 0.2) is 0 Å².